The molecule has 0 aliphatic carbocycles. The molecule has 3 rings (SSSR count). The topological polar surface area (TPSA) is 89.0 Å². The molecular weight excluding hydrogens is 334 g/mol. The first-order valence-electron chi connectivity index (χ1n) is 7.98. The molecule has 1 aromatic carbocycles. The van der Waals surface area contributed by atoms with Gasteiger partial charge in [-0.15, -0.1) is 0 Å². The fraction of sp³-hybridized carbons (Fsp3) is 0.438. The number of aromatic amines is 1. The Hall–Kier alpha value is -2.55. The lowest BCUT2D eigenvalue weighted by molar-refractivity contribution is 0.0670. The minimum Gasteiger partial charge on any atom is -0.381 e. The highest BCUT2D eigenvalue weighted by Gasteiger charge is 2.21. The third-order valence-corrected chi connectivity index (χ3v) is 4.19. The molecule has 0 amide bonds. The first kappa shape index (κ1) is 17.3. The number of aromatic nitrogens is 3. The molecule has 7 nitrogen and oxygen atoms in total. The molecule has 25 heavy (non-hydrogen) atoms. The lowest BCUT2D eigenvalue weighted by atomic mass is 10.1. The molecule has 0 radical (unpaired) electrons. The lowest BCUT2D eigenvalue weighted by Gasteiger charge is -2.23. The van der Waals surface area contributed by atoms with Crippen molar-refractivity contribution in [3.8, 4) is 0 Å². The van der Waals surface area contributed by atoms with Crippen LogP contribution in [0.4, 0.5) is 14.7 Å². The number of rotatable bonds is 4. The van der Waals surface area contributed by atoms with Gasteiger partial charge in [-0.2, -0.15) is 4.98 Å². The number of ether oxygens (including phenoxy) is 1. The molecule has 1 unspecified atom stereocenters. The Labute approximate surface area is 141 Å². The van der Waals surface area contributed by atoms with Crippen LogP contribution in [0.1, 0.15) is 37.4 Å². The van der Waals surface area contributed by atoms with Crippen molar-refractivity contribution < 1.29 is 13.5 Å². The molecule has 1 aromatic heterocycles. The summed E-state index contributed by atoms with van der Waals surface area (Å²) < 4.78 is 33.4. The summed E-state index contributed by atoms with van der Waals surface area (Å²) in [6.07, 6.45) is 1.12. The Balaban J connectivity index is 1.85. The summed E-state index contributed by atoms with van der Waals surface area (Å²) in [7, 11) is 0. The van der Waals surface area contributed by atoms with Crippen LogP contribution >= 0.6 is 0 Å². The zero-order valence-corrected chi connectivity index (χ0v) is 13.6. The number of benzene rings is 1. The Bertz CT molecular complexity index is 843. The van der Waals surface area contributed by atoms with Crippen LogP contribution in [0.5, 0.6) is 0 Å². The van der Waals surface area contributed by atoms with Gasteiger partial charge in [-0.25, -0.2) is 22.9 Å². The number of anilines is 1. The molecule has 0 spiro atoms. The second-order valence-electron chi connectivity index (χ2n) is 5.92. The van der Waals surface area contributed by atoms with Crippen molar-refractivity contribution in [2.24, 2.45) is 0 Å². The van der Waals surface area contributed by atoms with E-state index in [2.05, 4.69) is 15.3 Å². The minimum atomic E-state index is -0.697. The summed E-state index contributed by atoms with van der Waals surface area (Å²) in [4.78, 5) is 30.8. The van der Waals surface area contributed by atoms with Gasteiger partial charge in [0, 0.05) is 24.8 Å². The molecule has 134 valence electrons. The molecule has 9 heteroatoms. The normalized spacial score (nSPS) is 16.6. The van der Waals surface area contributed by atoms with Crippen LogP contribution in [-0.4, -0.2) is 27.7 Å². The smallest absolute Gasteiger partial charge is 0.355 e. The van der Waals surface area contributed by atoms with Gasteiger partial charge in [0.1, 0.15) is 11.6 Å². The van der Waals surface area contributed by atoms with Crippen molar-refractivity contribution in [3.63, 3.8) is 0 Å². The fourth-order valence-electron chi connectivity index (χ4n) is 2.89. The maximum atomic E-state index is 13.8. The van der Waals surface area contributed by atoms with E-state index < -0.39 is 29.1 Å². The molecule has 0 bridgehead atoms. The predicted molar refractivity (Wildman–Crippen MR) is 86.6 cm³/mol. The number of nitrogens with one attached hydrogen (secondary N) is 2. The predicted octanol–water partition coefficient (Wildman–Crippen LogP) is 1.73. The van der Waals surface area contributed by atoms with Crippen LogP contribution in [0, 0.1) is 11.6 Å². The molecule has 0 saturated carbocycles. The van der Waals surface area contributed by atoms with Gasteiger partial charge in [0.25, 0.3) is 0 Å². The highest BCUT2D eigenvalue weighted by atomic mass is 19.1. The Kier molecular flexibility index (Phi) is 4.93. The number of H-pyrrole nitrogens is 1. The van der Waals surface area contributed by atoms with Gasteiger partial charge in [0.05, 0.1) is 6.04 Å². The SMILES string of the molecule is CC(Nc1nc(=O)n(C2CCOCC2)c(=O)[nH]1)c1cc(F)ccc1F. The molecule has 1 fully saturated rings. The van der Waals surface area contributed by atoms with E-state index in [4.69, 9.17) is 4.74 Å². The summed E-state index contributed by atoms with van der Waals surface area (Å²) in [5.74, 6) is -1.27. The molecule has 1 saturated heterocycles. The first-order valence-corrected chi connectivity index (χ1v) is 7.98. The van der Waals surface area contributed by atoms with Crippen molar-refractivity contribution in [1.29, 1.82) is 0 Å². The second kappa shape index (κ2) is 7.14. The zero-order valence-electron chi connectivity index (χ0n) is 13.6. The lowest BCUT2D eigenvalue weighted by Crippen LogP contribution is -2.42. The van der Waals surface area contributed by atoms with Gasteiger partial charge in [0.15, 0.2) is 0 Å². The quantitative estimate of drug-likeness (QED) is 0.875. The van der Waals surface area contributed by atoms with Crippen LogP contribution in [0.2, 0.25) is 0 Å². The van der Waals surface area contributed by atoms with E-state index in [1.165, 1.54) is 0 Å². The molecule has 1 atom stereocenters. The van der Waals surface area contributed by atoms with E-state index >= 15 is 0 Å². The van der Waals surface area contributed by atoms with Crippen molar-refractivity contribution in [2.45, 2.75) is 31.8 Å². The van der Waals surface area contributed by atoms with Crippen molar-refractivity contribution in [3.05, 3.63) is 56.4 Å². The summed E-state index contributed by atoms with van der Waals surface area (Å²) in [6.45, 7) is 2.53. The summed E-state index contributed by atoms with van der Waals surface area (Å²) in [5, 5.41) is 2.73. The highest BCUT2D eigenvalue weighted by molar-refractivity contribution is 5.31. The van der Waals surface area contributed by atoms with E-state index in [9.17, 15) is 18.4 Å². The zero-order chi connectivity index (χ0) is 18.0. The largest absolute Gasteiger partial charge is 0.381 e. The average molecular weight is 352 g/mol. The van der Waals surface area contributed by atoms with E-state index in [0.717, 1.165) is 22.8 Å². The van der Waals surface area contributed by atoms with Crippen LogP contribution < -0.4 is 16.7 Å². The van der Waals surface area contributed by atoms with E-state index in [-0.39, 0.29) is 17.6 Å². The van der Waals surface area contributed by atoms with Crippen molar-refractivity contribution in [2.75, 3.05) is 18.5 Å². The molecule has 1 aliphatic heterocycles. The number of nitrogens with zero attached hydrogens (tertiary/aromatic N) is 2. The molecular formula is C16H18F2N4O3. The van der Waals surface area contributed by atoms with Gasteiger partial charge in [-0.3, -0.25) is 4.98 Å². The maximum absolute atomic E-state index is 13.8. The minimum absolute atomic E-state index is 0.0660. The molecule has 2 N–H and O–H groups in total. The molecule has 1 aliphatic rings. The Morgan fingerprint density at radius 2 is 2.04 bits per heavy atom. The number of hydrogen-bond acceptors (Lipinski definition) is 5. The number of hydrogen-bond donors (Lipinski definition) is 2. The van der Waals surface area contributed by atoms with E-state index in [1.807, 2.05) is 0 Å². The van der Waals surface area contributed by atoms with Crippen LogP contribution in [0.3, 0.4) is 0 Å². The van der Waals surface area contributed by atoms with Gasteiger partial charge in [-0.05, 0) is 38.0 Å². The standard InChI is InChI=1S/C16H18F2N4O3/c1-9(12-8-10(17)2-3-13(12)18)19-14-20-15(23)22(16(24)21-14)11-4-6-25-7-5-11/h2-3,8-9,11H,4-7H2,1H3,(H2,19,20,21,23,24). The van der Waals surface area contributed by atoms with Crippen LogP contribution in [0.15, 0.2) is 27.8 Å². The summed E-state index contributed by atoms with van der Waals surface area (Å²) in [5.41, 5.74) is -1.22. The van der Waals surface area contributed by atoms with Crippen LogP contribution in [0.25, 0.3) is 0 Å². The molecule has 2 aromatic rings. The van der Waals surface area contributed by atoms with Gasteiger partial charge in [-0.1, -0.05) is 0 Å². The fourth-order valence-corrected chi connectivity index (χ4v) is 2.89. The average Bonchev–Trinajstić information content (AvgIpc) is 2.57. The highest BCUT2D eigenvalue weighted by Crippen LogP contribution is 2.21. The van der Waals surface area contributed by atoms with Gasteiger partial charge < -0.3 is 10.1 Å². The monoisotopic (exact) mass is 352 g/mol. The van der Waals surface area contributed by atoms with E-state index in [0.29, 0.717) is 26.1 Å². The van der Waals surface area contributed by atoms with Crippen molar-refractivity contribution >= 4 is 5.95 Å². The number of halogens is 2. The van der Waals surface area contributed by atoms with Gasteiger partial charge >= 0.3 is 11.4 Å². The van der Waals surface area contributed by atoms with Gasteiger partial charge in [0.2, 0.25) is 5.95 Å². The Morgan fingerprint density at radius 1 is 1.32 bits per heavy atom. The molecule has 2 heterocycles. The third kappa shape index (κ3) is 3.76. The summed E-state index contributed by atoms with van der Waals surface area (Å²) in [6, 6.07) is 2.12. The second-order valence-corrected chi connectivity index (χ2v) is 5.92. The Morgan fingerprint density at radius 3 is 2.72 bits per heavy atom. The third-order valence-electron chi connectivity index (χ3n) is 4.19. The maximum Gasteiger partial charge on any atom is 0.355 e. The summed E-state index contributed by atoms with van der Waals surface area (Å²) >= 11 is 0. The van der Waals surface area contributed by atoms with Crippen molar-refractivity contribution in [1.82, 2.24) is 14.5 Å². The van der Waals surface area contributed by atoms with Crippen LogP contribution in [-0.2, 0) is 4.74 Å². The van der Waals surface area contributed by atoms with E-state index in [1.54, 1.807) is 6.92 Å². The first-order chi connectivity index (χ1) is 12.0.